The van der Waals surface area contributed by atoms with Crippen molar-refractivity contribution in [2.24, 2.45) is 0 Å². The van der Waals surface area contributed by atoms with Crippen molar-refractivity contribution in [3.63, 3.8) is 0 Å². The Labute approximate surface area is 86.9 Å². The maximum atomic E-state index is 5.38. The van der Waals surface area contributed by atoms with Gasteiger partial charge in [0.2, 0.25) is 0 Å². The lowest BCUT2D eigenvalue weighted by Gasteiger charge is -2.13. The van der Waals surface area contributed by atoms with Gasteiger partial charge in [0.05, 0.1) is 6.61 Å². The van der Waals surface area contributed by atoms with Crippen LogP contribution >= 0.6 is 0 Å². The largest absolute Gasteiger partial charge is 0.380 e. The topological polar surface area (TPSA) is 39.7 Å². The van der Waals surface area contributed by atoms with E-state index in [-0.39, 0.29) is 6.29 Å². The van der Waals surface area contributed by atoms with Crippen molar-refractivity contribution in [3.05, 3.63) is 0 Å². The third kappa shape index (κ3) is 8.44. The van der Waals surface area contributed by atoms with Gasteiger partial charge in [0.1, 0.15) is 0 Å². The van der Waals surface area contributed by atoms with E-state index in [0.29, 0.717) is 6.54 Å². The molecule has 0 aliphatic rings. The van der Waals surface area contributed by atoms with Crippen LogP contribution < -0.4 is 5.32 Å². The van der Waals surface area contributed by atoms with Crippen LogP contribution in [0.1, 0.15) is 19.8 Å². The molecule has 0 fully saturated rings. The van der Waals surface area contributed by atoms with E-state index in [1.807, 2.05) is 0 Å². The van der Waals surface area contributed by atoms with Gasteiger partial charge in [-0.1, -0.05) is 13.3 Å². The van der Waals surface area contributed by atoms with Crippen LogP contribution in [0.2, 0.25) is 0 Å². The summed E-state index contributed by atoms with van der Waals surface area (Å²) in [5.74, 6) is 0. The molecular formula is C10H23NO3. The minimum absolute atomic E-state index is 0.161. The molecule has 0 heterocycles. The van der Waals surface area contributed by atoms with Gasteiger partial charge in [0.25, 0.3) is 0 Å². The molecule has 0 amide bonds. The standard InChI is InChI=1S/C10H23NO3/c1-4-5-7-14-8-6-11-9-10(12-2)13-3/h10-11H,4-9H2,1-3H3. The predicted molar refractivity (Wildman–Crippen MR) is 56.4 cm³/mol. The zero-order chi connectivity index (χ0) is 10.6. The number of hydrogen-bond donors (Lipinski definition) is 1. The van der Waals surface area contributed by atoms with Crippen LogP contribution in [-0.2, 0) is 14.2 Å². The van der Waals surface area contributed by atoms with Gasteiger partial charge < -0.3 is 19.5 Å². The van der Waals surface area contributed by atoms with Crippen molar-refractivity contribution in [2.75, 3.05) is 40.5 Å². The van der Waals surface area contributed by atoms with Crippen molar-refractivity contribution in [1.29, 1.82) is 0 Å². The summed E-state index contributed by atoms with van der Waals surface area (Å²) in [4.78, 5) is 0. The molecule has 4 nitrogen and oxygen atoms in total. The first-order valence-electron chi connectivity index (χ1n) is 5.19. The maximum Gasteiger partial charge on any atom is 0.169 e. The number of unbranched alkanes of at least 4 members (excludes halogenated alkanes) is 1. The van der Waals surface area contributed by atoms with Crippen molar-refractivity contribution >= 4 is 0 Å². The first-order chi connectivity index (χ1) is 6.85. The third-order valence-electron chi connectivity index (χ3n) is 1.90. The van der Waals surface area contributed by atoms with Crippen molar-refractivity contribution in [3.8, 4) is 0 Å². The second kappa shape index (κ2) is 10.9. The number of methoxy groups -OCH3 is 2. The molecule has 86 valence electrons. The summed E-state index contributed by atoms with van der Waals surface area (Å²) in [6.07, 6.45) is 2.16. The van der Waals surface area contributed by atoms with Crippen LogP contribution in [0, 0.1) is 0 Å². The van der Waals surface area contributed by atoms with E-state index in [1.165, 1.54) is 6.42 Å². The number of hydrogen-bond acceptors (Lipinski definition) is 4. The fraction of sp³-hybridized carbons (Fsp3) is 1.00. The summed E-state index contributed by atoms with van der Waals surface area (Å²) in [6, 6.07) is 0. The second-order valence-corrected chi connectivity index (χ2v) is 3.07. The molecule has 0 aliphatic carbocycles. The lowest BCUT2D eigenvalue weighted by Crippen LogP contribution is -2.31. The Morgan fingerprint density at radius 1 is 1.14 bits per heavy atom. The normalized spacial score (nSPS) is 11.1. The van der Waals surface area contributed by atoms with Gasteiger partial charge in [-0.2, -0.15) is 0 Å². The minimum atomic E-state index is -0.161. The minimum Gasteiger partial charge on any atom is -0.380 e. The second-order valence-electron chi connectivity index (χ2n) is 3.07. The number of ether oxygens (including phenoxy) is 3. The Morgan fingerprint density at radius 2 is 1.86 bits per heavy atom. The summed E-state index contributed by atoms with van der Waals surface area (Å²) in [6.45, 7) is 5.30. The van der Waals surface area contributed by atoms with E-state index in [1.54, 1.807) is 14.2 Å². The van der Waals surface area contributed by atoms with Crippen molar-refractivity contribution in [1.82, 2.24) is 5.32 Å². The van der Waals surface area contributed by atoms with Gasteiger partial charge in [0.15, 0.2) is 6.29 Å². The van der Waals surface area contributed by atoms with Crippen LogP contribution in [0.25, 0.3) is 0 Å². The summed E-state index contributed by atoms with van der Waals surface area (Å²) in [7, 11) is 3.27. The van der Waals surface area contributed by atoms with E-state index in [2.05, 4.69) is 12.2 Å². The van der Waals surface area contributed by atoms with E-state index in [0.717, 1.165) is 26.2 Å². The van der Waals surface area contributed by atoms with Gasteiger partial charge >= 0.3 is 0 Å². The molecule has 0 atom stereocenters. The maximum absolute atomic E-state index is 5.38. The number of nitrogens with one attached hydrogen (secondary N) is 1. The van der Waals surface area contributed by atoms with E-state index >= 15 is 0 Å². The third-order valence-corrected chi connectivity index (χ3v) is 1.90. The number of rotatable bonds is 10. The van der Waals surface area contributed by atoms with Crippen LogP contribution in [0.3, 0.4) is 0 Å². The van der Waals surface area contributed by atoms with Gasteiger partial charge in [-0.3, -0.25) is 0 Å². The SMILES string of the molecule is CCCCOCCNCC(OC)OC. The first-order valence-corrected chi connectivity index (χ1v) is 5.19. The van der Waals surface area contributed by atoms with Gasteiger partial charge in [-0.15, -0.1) is 0 Å². The van der Waals surface area contributed by atoms with Crippen molar-refractivity contribution < 1.29 is 14.2 Å². The summed E-state index contributed by atoms with van der Waals surface area (Å²) in [5.41, 5.74) is 0. The fourth-order valence-electron chi connectivity index (χ4n) is 0.976. The molecule has 0 aromatic rings. The summed E-state index contributed by atoms with van der Waals surface area (Å²) >= 11 is 0. The Bertz CT molecular complexity index is 108. The highest BCUT2D eigenvalue weighted by atomic mass is 16.7. The molecule has 0 aliphatic heterocycles. The molecule has 1 N–H and O–H groups in total. The molecule has 0 rings (SSSR count). The van der Waals surface area contributed by atoms with Gasteiger partial charge in [0, 0.05) is 33.9 Å². The highest BCUT2D eigenvalue weighted by Gasteiger charge is 2.02. The molecule has 0 aromatic heterocycles. The fourth-order valence-corrected chi connectivity index (χ4v) is 0.976. The molecule has 0 radical (unpaired) electrons. The highest BCUT2D eigenvalue weighted by Crippen LogP contribution is 1.88. The Kier molecular flexibility index (Phi) is 10.8. The average Bonchev–Trinajstić information content (AvgIpc) is 2.22. The molecule has 4 heteroatoms. The molecular weight excluding hydrogens is 182 g/mol. The molecule has 0 spiro atoms. The molecule has 0 saturated carbocycles. The molecule has 0 saturated heterocycles. The van der Waals surface area contributed by atoms with Gasteiger partial charge in [-0.25, -0.2) is 0 Å². The molecule has 0 unspecified atom stereocenters. The lowest BCUT2D eigenvalue weighted by molar-refractivity contribution is -0.0990. The monoisotopic (exact) mass is 205 g/mol. The first kappa shape index (κ1) is 13.8. The smallest absolute Gasteiger partial charge is 0.169 e. The lowest BCUT2D eigenvalue weighted by atomic mass is 10.4. The highest BCUT2D eigenvalue weighted by molar-refractivity contribution is 4.49. The summed E-state index contributed by atoms with van der Waals surface area (Å²) < 4.78 is 15.4. The van der Waals surface area contributed by atoms with E-state index in [4.69, 9.17) is 14.2 Å². The average molecular weight is 205 g/mol. The van der Waals surface area contributed by atoms with Gasteiger partial charge in [-0.05, 0) is 6.42 Å². The molecule has 0 aromatic carbocycles. The van der Waals surface area contributed by atoms with Crippen LogP contribution in [0.5, 0.6) is 0 Å². The summed E-state index contributed by atoms with van der Waals surface area (Å²) in [5, 5.41) is 3.19. The molecule has 0 bridgehead atoms. The quantitative estimate of drug-likeness (QED) is 0.427. The molecule has 14 heavy (non-hydrogen) atoms. The zero-order valence-electron chi connectivity index (χ0n) is 9.54. The Balaban J connectivity index is 3.04. The van der Waals surface area contributed by atoms with Crippen LogP contribution in [0.4, 0.5) is 0 Å². The van der Waals surface area contributed by atoms with Crippen LogP contribution in [-0.4, -0.2) is 46.8 Å². The predicted octanol–water partition coefficient (Wildman–Crippen LogP) is 1.01. The Hall–Kier alpha value is -0.160. The Morgan fingerprint density at radius 3 is 2.43 bits per heavy atom. The van der Waals surface area contributed by atoms with E-state index in [9.17, 15) is 0 Å². The van der Waals surface area contributed by atoms with E-state index < -0.39 is 0 Å². The zero-order valence-corrected chi connectivity index (χ0v) is 9.54. The van der Waals surface area contributed by atoms with Crippen molar-refractivity contribution in [2.45, 2.75) is 26.1 Å². The van der Waals surface area contributed by atoms with Crippen LogP contribution in [0.15, 0.2) is 0 Å².